The third-order valence-corrected chi connectivity index (χ3v) is 4.75. The molecule has 2 N–H and O–H groups in total. The fourth-order valence-electron chi connectivity index (χ4n) is 3.61. The van der Waals surface area contributed by atoms with Crippen LogP contribution in [0.3, 0.4) is 0 Å². The summed E-state index contributed by atoms with van der Waals surface area (Å²) < 4.78 is 15.5. The van der Waals surface area contributed by atoms with E-state index in [1.807, 2.05) is 19.1 Å². The average Bonchev–Trinajstić information content (AvgIpc) is 3.20. The van der Waals surface area contributed by atoms with Crippen LogP contribution in [-0.4, -0.2) is 25.8 Å². The third-order valence-electron chi connectivity index (χ3n) is 4.75. The van der Waals surface area contributed by atoms with Gasteiger partial charge in [0.05, 0.1) is 17.2 Å². The number of halogens is 1. The molecule has 0 bridgehead atoms. The van der Waals surface area contributed by atoms with Gasteiger partial charge in [0, 0.05) is 28.6 Å². The van der Waals surface area contributed by atoms with Crippen molar-refractivity contribution in [1.82, 2.24) is 14.8 Å². The van der Waals surface area contributed by atoms with Crippen LogP contribution in [0.1, 0.15) is 24.6 Å². The molecule has 2 aromatic carbocycles. The number of carbonyl (C=O) groups is 1. The van der Waals surface area contributed by atoms with Crippen molar-refractivity contribution < 1.29 is 14.3 Å². The highest BCUT2D eigenvalue weighted by Gasteiger charge is 2.19. The zero-order valence-electron chi connectivity index (χ0n) is 14.3. The van der Waals surface area contributed by atoms with E-state index in [-0.39, 0.29) is 12.2 Å². The minimum absolute atomic E-state index is 0.0684. The van der Waals surface area contributed by atoms with Gasteiger partial charge in [-0.1, -0.05) is 6.92 Å². The van der Waals surface area contributed by atoms with Gasteiger partial charge in [-0.05, 0) is 54.8 Å². The van der Waals surface area contributed by atoms with Crippen LogP contribution in [0.2, 0.25) is 0 Å². The summed E-state index contributed by atoms with van der Waals surface area (Å²) in [5.74, 6) is -1.11. The number of fused-ring (bicyclic) bond motifs is 2. The first kappa shape index (κ1) is 16.3. The molecule has 0 atom stereocenters. The summed E-state index contributed by atoms with van der Waals surface area (Å²) in [5.41, 5.74) is 4.80. The van der Waals surface area contributed by atoms with E-state index in [1.165, 1.54) is 12.1 Å². The van der Waals surface area contributed by atoms with Crippen LogP contribution in [0.25, 0.3) is 27.5 Å². The number of aromatic nitrogens is 3. The summed E-state index contributed by atoms with van der Waals surface area (Å²) in [4.78, 5) is 11.1. The number of carboxylic acid groups (broad SMARTS) is 1. The molecule has 2 heterocycles. The molecule has 0 aliphatic carbocycles. The monoisotopic (exact) mass is 351 g/mol. The number of aromatic amines is 1. The van der Waals surface area contributed by atoms with Gasteiger partial charge in [0.1, 0.15) is 5.82 Å². The first-order valence-electron chi connectivity index (χ1n) is 8.55. The second kappa shape index (κ2) is 6.29. The molecule has 6 heteroatoms. The van der Waals surface area contributed by atoms with Crippen molar-refractivity contribution in [2.45, 2.75) is 26.2 Å². The predicted octanol–water partition coefficient (Wildman–Crippen LogP) is 4.23. The van der Waals surface area contributed by atoms with E-state index in [4.69, 9.17) is 5.11 Å². The topological polar surface area (TPSA) is 70.9 Å². The van der Waals surface area contributed by atoms with E-state index in [0.29, 0.717) is 6.42 Å². The van der Waals surface area contributed by atoms with E-state index in [1.54, 1.807) is 18.3 Å². The Morgan fingerprint density at radius 1 is 1.27 bits per heavy atom. The van der Waals surface area contributed by atoms with Crippen molar-refractivity contribution in [2.24, 2.45) is 0 Å². The Morgan fingerprint density at radius 3 is 2.73 bits per heavy atom. The molecule has 0 fully saturated rings. The molecular weight excluding hydrogens is 333 g/mol. The van der Waals surface area contributed by atoms with Crippen LogP contribution in [0, 0.1) is 5.82 Å². The SMILES string of the molecule is CCc1c(CCC(=O)O)c2cc3cn[nH]c3cc2n1-c1ccc(F)cc1. The van der Waals surface area contributed by atoms with Gasteiger partial charge in [-0.3, -0.25) is 9.89 Å². The Bertz CT molecular complexity index is 1110. The number of aryl methyl sites for hydroxylation is 1. The Balaban J connectivity index is 2.04. The second-order valence-corrected chi connectivity index (χ2v) is 6.31. The molecule has 0 saturated carbocycles. The van der Waals surface area contributed by atoms with Crippen molar-refractivity contribution in [3.05, 3.63) is 59.7 Å². The fraction of sp³-hybridized carbons (Fsp3) is 0.200. The first-order valence-corrected chi connectivity index (χ1v) is 8.55. The van der Waals surface area contributed by atoms with Crippen LogP contribution >= 0.6 is 0 Å². The van der Waals surface area contributed by atoms with Gasteiger partial charge in [0.2, 0.25) is 0 Å². The minimum atomic E-state index is -0.820. The molecular formula is C20H18FN3O2. The van der Waals surface area contributed by atoms with Crippen LogP contribution in [-0.2, 0) is 17.6 Å². The molecule has 0 radical (unpaired) electrons. The molecule has 0 saturated heterocycles. The summed E-state index contributed by atoms with van der Waals surface area (Å²) in [6.07, 6.45) is 3.02. The van der Waals surface area contributed by atoms with Crippen molar-refractivity contribution in [3.8, 4) is 5.69 Å². The minimum Gasteiger partial charge on any atom is -0.481 e. The number of hydrogen-bond acceptors (Lipinski definition) is 2. The van der Waals surface area contributed by atoms with Crippen molar-refractivity contribution in [3.63, 3.8) is 0 Å². The number of hydrogen-bond donors (Lipinski definition) is 2. The molecule has 0 amide bonds. The number of nitrogens with zero attached hydrogens (tertiary/aromatic N) is 2. The maximum Gasteiger partial charge on any atom is 0.303 e. The van der Waals surface area contributed by atoms with Crippen LogP contribution < -0.4 is 0 Å². The first-order chi connectivity index (χ1) is 12.6. The van der Waals surface area contributed by atoms with E-state index < -0.39 is 5.97 Å². The molecule has 5 nitrogen and oxygen atoms in total. The van der Waals surface area contributed by atoms with Crippen molar-refractivity contribution in [1.29, 1.82) is 0 Å². The summed E-state index contributed by atoms with van der Waals surface area (Å²) in [6, 6.07) is 10.4. The van der Waals surface area contributed by atoms with Gasteiger partial charge in [0.25, 0.3) is 0 Å². The number of H-pyrrole nitrogens is 1. The molecule has 132 valence electrons. The van der Waals surface area contributed by atoms with Gasteiger partial charge < -0.3 is 9.67 Å². The summed E-state index contributed by atoms with van der Waals surface area (Å²) in [6.45, 7) is 2.05. The summed E-state index contributed by atoms with van der Waals surface area (Å²) in [5, 5.41) is 18.2. The van der Waals surface area contributed by atoms with Crippen molar-refractivity contribution >= 4 is 27.8 Å². The molecule has 0 unspecified atom stereocenters. The standard InChI is InChI=1S/C20H18FN3O2/c1-2-18-15(7-8-20(25)26)16-9-12-11-22-23-17(12)10-19(16)24(18)14-5-3-13(21)4-6-14/h3-6,9-11H,2,7-8H2,1H3,(H,22,23)(H,25,26). The number of nitrogens with one attached hydrogen (secondary N) is 1. The molecule has 26 heavy (non-hydrogen) atoms. The molecule has 2 aromatic heterocycles. The highest BCUT2D eigenvalue weighted by molar-refractivity contribution is 5.98. The van der Waals surface area contributed by atoms with Crippen LogP contribution in [0.4, 0.5) is 4.39 Å². The smallest absolute Gasteiger partial charge is 0.303 e. The average molecular weight is 351 g/mol. The van der Waals surface area contributed by atoms with Gasteiger partial charge >= 0.3 is 5.97 Å². The number of benzene rings is 2. The number of rotatable bonds is 5. The Labute approximate surface area is 149 Å². The quantitative estimate of drug-likeness (QED) is 0.565. The zero-order valence-corrected chi connectivity index (χ0v) is 14.3. The lowest BCUT2D eigenvalue weighted by molar-refractivity contribution is -0.136. The normalized spacial score (nSPS) is 11.5. The zero-order chi connectivity index (χ0) is 18.3. The van der Waals surface area contributed by atoms with Crippen LogP contribution in [0.15, 0.2) is 42.6 Å². The second-order valence-electron chi connectivity index (χ2n) is 6.31. The molecule has 0 aliphatic rings. The van der Waals surface area contributed by atoms with Gasteiger partial charge in [0.15, 0.2) is 0 Å². The van der Waals surface area contributed by atoms with Gasteiger partial charge in [-0.25, -0.2) is 4.39 Å². The lowest BCUT2D eigenvalue weighted by Crippen LogP contribution is -2.03. The Hall–Kier alpha value is -3.15. The number of aliphatic carboxylic acids is 1. The third kappa shape index (κ3) is 2.63. The lowest BCUT2D eigenvalue weighted by Gasteiger charge is -2.11. The highest BCUT2D eigenvalue weighted by atomic mass is 19.1. The predicted molar refractivity (Wildman–Crippen MR) is 98.2 cm³/mol. The van der Waals surface area contributed by atoms with Crippen LogP contribution in [0.5, 0.6) is 0 Å². The van der Waals surface area contributed by atoms with E-state index in [9.17, 15) is 9.18 Å². The maximum atomic E-state index is 13.4. The largest absolute Gasteiger partial charge is 0.481 e. The molecule has 0 spiro atoms. The maximum absolute atomic E-state index is 13.4. The van der Waals surface area contributed by atoms with Gasteiger partial charge in [-0.15, -0.1) is 0 Å². The summed E-state index contributed by atoms with van der Waals surface area (Å²) in [7, 11) is 0. The summed E-state index contributed by atoms with van der Waals surface area (Å²) >= 11 is 0. The van der Waals surface area contributed by atoms with Crippen molar-refractivity contribution in [2.75, 3.05) is 0 Å². The molecule has 4 rings (SSSR count). The van der Waals surface area contributed by atoms with E-state index >= 15 is 0 Å². The Kier molecular flexibility index (Phi) is 3.95. The fourth-order valence-corrected chi connectivity index (χ4v) is 3.61. The lowest BCUT2D eigenvalue weighted by atomic mass is 10.0. The molecule has 0 aliphatic heterocycles. The van der Waals surface area contributed by atoms with E-state index in [2.05, 4.69) is 14.8 Å². The highest BCUT2D eigenvalue weighted by Crippen LogP contribution is 2.33. The molecule has 4 aromatic rings. The van der Waals surface area contributed by atoms with E-state index in [0.717, 1.165) is 45.2 Å². The van der Waals surface area contributed by atoms with Gasteiger partial charge in [-0.2, -0.15) is 5.10 Å². The Morgan fingerprint density at radius 2 is 2.04 bits per heavy atom. The number of carboxylic acids is 1.